The van der Waals surface area contributed by atoms with Crippen LogP contribution >= 0.6 is 0 Å². The molecule has 2 N–H and O–H groups in total. The molecule has 5 heterocycles. The van der Waals surface area contributed by atoms with E-state index in [-0.39, 0.29) is 30.4 Å². The molecule has 0 spiro atoms. The van der Waals surface area contributed by atoms with E-state index in [9.17, 15) is 9.59 Å². The first-order valence-electron chi connectivity index (χ1n) is 15.9. The molecule has 0 amide bonds. The van der Waals surface area contributed by atoms with Crippen LogP contribution in [0.5, 0.6) is 0 Å². The van der Waals surface area contributed by atoms with Crippen molar-refractivity contribution in [2.45, 2.75) is 53.3 Å². The predicted octanol–water partition coefficient (Wildman–Crippen LogP) is 7.68. The maximum Gasteiger partial charge on any atom is 0.305 e. The minimum Gasteiger partial charge on any atom is -0.469 e. The second-order valence-electron chi connectivity index (χ2n) is 10.8. The van der Waals surface area contributed by atoms with Gasteiger partial charge in [0.15, 0.2) is 0 Å². The van der Waals surface area contributed by atoms with Gasteiger partial charge in [-0.2, -0.15) is 0 Å². The normalized spacial score (nSPS) is 14.2. The third-order valence-corrected chi connectivity index (χ3v) is 8.39. The van der Waals surface area contributed by atoms with Crippen LogP contribution < -0.4 is 0 Å². The third kappa shape index (κ3) is 5.55. The van der Waals surface area contributed by atoms with Crippen LogP contribution in [0, 0.1) is 13.8 Å². The van der Waals surface area contributed by atoms with Gasteiger partial charge in [-0.25, -0.2) is 9.97 Å². The summed E-state index contributed by atoms with van der Waals surface area (Å²) in [4.78, 5) is 41.2. The van der Waals surface area contributed by atoms with E-state index in [1.807, 2.05) is 39.0 Å². The SMILES string of the molecule is [2H]C([2H])([2H])C1=C(C=C)c2cc3[nH]c(cc4nc(cc5[nH]c(cc1n2)c(C=C)c5C)C(C)=C4CCC(=O)OC)c(CCC(=O)OC)c3C. The molecule has 3 aromatic rings. The van der Waals surface area contributed by atoms with Crippen molar-refractivity contribution in [3.05, 3.63) is 88.5 Å². The van der Waals surface area contributed by atoms with Gasteiger partial charge in [-0.3, -0.25) is 9.59 Å². The summed E-state index contributed by atoms with van der Waals surface area (Å²) in [6, 6.07) is 7.42. The molecule has 0 unspecified atom stereocenters. The molecule has 2 aliphatic rings. The number of H-pyrrole nitrogens is 2. The lowest BCUT2D eigenvalue weighted by Gasteiger charge is -2.04. The van der Waals surface area contributed by atoms with Gasteiger partial charge in [0.25, 0.3) is 0 Å². The minimum absolute atomic E-state index is 0.103. The number of aromatic amines is 2. The fourth-order valence-electron chi connectivity index (χ4n) is 5.78. The highest BCUT2D eigenvalue weighted by molar-refractivity contribution is 5.98. The number of carbonyl (C=O) groups is 2. The zero-order valence-electron chi connectivity index (χ0n) is 28.7. The fraction of sp³-hybridized carbons (Fsp3) is 0.278. The number of rotatable bonds is 8. The molecule has 0 atom stereocenters. The highest BCUT2D eigenvalue weighted by atomic mass is 16.5. The smallest absolute Gasteiger partial charge is 0.305 e. The quantitative estimate of drug-likeness (QED) is 0.259. The van der Waals surface area contributed by atoms with Gasteiger partial charge in [-0.05, 0) is 98.1 Å². The fourth-order valence-corrected chi connectivity index (χ4v) is 5.78. The summed E-state index contributed by atoms with van der Waals surface area (Å²) in [5, 5.41) is 0. The minimum atomic E-state index is -2.47. The van der Waals surface area contributed by atoms with Crippen LogP contribution in [0.25, 0.3) is 50.4 Å². The Morgan fingerprint density at radius 3 is 2.00 bits per heavy atom. The Labute approximate surface area is 261 Å². The molecule has 0 saturated heterocycles. The van der Waals surface area contributed by atoms with E-state index in [0.717, 1.165) is 44.4 Å². The zero-order valence-corrected chi connectivity index (χ0v) is 25.7. The topological polar surface area (TPSA) is 110 Å². The second-order valence-corrected chi connectivity index (χ2v) is 10.8. The summed E-state index contributed by atoms with van der Waals surface area (Å²) in [5.41, 5.74) is 10.8. The Bertz CT molecular complexity index is 2060. The summed E-state index contributed by atoms with van der Waals surface area (Å²) >= 11 is 0. The first-order chi connectivity index (χ1) is 22.3. The second kappa shape index (κ2) is 12.3. The molecule has 8 nitrogen and oxygen atoms in total. The number of methoxy groups -OCH3 is 2. The first kappa shape index (κ1) is 26.6. The van der Waals surface area contributed by atoms with Crippen LogP contribution in [-0.2, 0) is 25.5 Å². The molecule has 8 bridgehead atoms. The van der Waals surface area contributed by atoms with Gasteiger partial charge >= 0.3 is 11.9 Å². The summed E-state index contributed by atoms with van der Waals surface area (Å²) < 4.78 is 35.0. The number of hydrogen-bond donors (Lipinski definition) is 2. The molecule has 5 rings (SSSR count). The van der Waals surface area contributed by atoms with Crippen molar-refractivity contribution in [1.82, 2.24) is 19.9 Å². The molecule has 2 aliphatic heterocycles. The number of aryl methyl sites for hydroxylation is 3. The molecule has 0 fully saturated rings. The first-order valence-corrected chi connectivity index (χ1v) is 14.4. The lowest BCUT2D eigenvalue weighted by Crippen LogP contribution is -2.02. The summed E-state index contributed by atoms with van der Waals surface area (Å²) in [6.07, 6.45) is 4.41. The van der Waals surface area contributed by atoms with Crippen LogP contribution in [-0.4, -0.2) is 46.1 Å². The standard InChI is InChI=1S/C36H38N4O4/c1-9-23-19(3)27-15-28-21(5)25(11-13-35(41)43-7)33(39-28)18-34-26(12-14-36(42)44-8)22(6)30(40-34)17-32-24(10-2)20(4)29(38-32)16-31(23)37-27/h9-10,15-18,37,40H,1-2,11-14H2,3-8H3/i4D3. The number of allylic oxidation sites excluding steroid dienone is 5. The number of ether oxygens (including phenoxy) is 2. The Hall–Kier alpha value is -4.98. The molecule has 0 saturated carbocycles. The average Bonchev–Trinajstić information content (AvgIpc) is 3.71. The van der Waals surface area contributed by atoms with E-state index in [1.54, 1.807) is 12.1 Å². The predicted molar refractivity (Wildman–Crippen MR) is 177 cm³/mol. The van der Waals surface area contributed by atoms with Crippen LogP contribution in [0.4, 0.5) is 0 Å². The van der Waals surface area contributed by atoms with E-state index >= 15 is 0 Å². The number of nitrogens with zero attached hydrogens (tertiary/aromatic N) is 2. The number of aromatic nitrogens is 4. The van der Waals surface area contributed by atoms with Crippen LogP contribution in [0.15, 0.2) is 43.5 Å². The van der Waals surface area contributed by atoms with Crippen molar-refractivity contribution in [2.75, 3.05) is 14.2 Å². The van der Waals surface area contributed by atoms with Crippen LogP contribution in [0.3, 0.4) is 0 Å². The molecule has 8 heteroatoms. The van der Waals surface area contributed by atoms with E-state index in [0.29, 0.717) is 52.2 Å². The van der Waals surface area contributed by atoms with E-state index < -0.39 is 6.85 Å². The molecule has 3 aromatic heterocycles. The van der Waals surface area contributed by atoms with E-state index in [1.165, 1.54) is 20.3 Å². The van der Waals surface area contributed by atoms with Gasteiger partial charge in [0, 0.05) is 50.2 Å². The van der Waals surface area contributed by atoms with Crippen LogP contribution in [0.1, 0.15) is 82.2 Å². The van der Waals surface area contributed by atoms with Gasteiger partial charge in [-0.1, -0.05) is 25.3 Å². The monoisotopic (exact) mass is 593 g/mol. The highest BCUT2D eigenvalue weighted by Gasteiger charge is 2.21. The Kier molecular flexibility index (Phi) is 7.46. The van der Waals surface area contributed by atoms with Gasteiger partial charge in [-0.15, -0.1) is 0 Å². The van der Waals surface area contributed by atoms with Crippen molar-refractivity contribution < 1.29 is 23.2 Å². The maximum absolute atomic E-state index is 12.2. The number of fused-ring (bicyclic) bond motifs is 8. The van der Waals surface area contributed by atoms with Crippen molar-refractivity contribution in [3.63, 3.8) is 0 Å². The molecule has 0 aliphatic carbocycles. The van der Waals surface area contributed by atoms with Crippen molar-refractivity contribution in [3.8, 4) is 0 Å². The van der Waals surface area contributed by atoms with E-state index in [4.69, 9.17) is 23.6 Å². The Morgan fingerprint density at radius 1 is 0.773 bits per heavy atom. The van der Waals surface area contributed by atoms with Gasteiger partial charge < -0.3 is 19.4 Å². The van der Waals surface area contributed by atoms with E-state index in [2.05, 4.69) is 23.1 Å². The van der Waals surface area contributed by atoms with Crippen molar-refractivity contribution in [1.29, 1.82) is 0 Å². The maximum atomic E-state index is 12.2. The molecule has 0 radical (unpaired) electrons. The number of esters is 2. The van der Waals surface area contributed by atoms with Gasteiger partial charge in [0.2, 0.25) is 0 Å². The summed E-state index contributed by atoms with van der Waals surface area (Å²) in [7, 11) is 2.73. The largest absolute Gasteiger partial charge is 0.469 e. The molecular weight excluding hydrogens is 552 g/mol. The number of carbonyl (C=O) groups excluding carboxylic acids is 2. The summed E-state index contributed by atoms with van der Waals surface area (Å²) in [5.74, 6) is -0.661. The van der Waals surface area contributed by atoms with Gasteiger partial charge in [0.05, 0.1) is 37.0 Å². The lowest BCUT2D eigenvalue weighted by atomic mass is 10.00. The lowest BCUT2D eigenvalue weighted by molar-refractivity contribution is -0.141. The molecule has 0 aromatic carbocycles. The summed E-state index contributed by atoms with van der Waals surface area (Å²) in [6.45, 7) is 11.4. The highest BCUT2D eigenvalue weighted by Crippen LogP contribution is 2.36. The van der Waals surface area contributed by atoms with Crippen LogP contribution in [0.2, 0.25) is 0 Å². The third-order valence-electron chi connectivity index (χ3n) is 8.39. The zero-order chi connectivity index (χ0) is 34.2. The van der Waals surface area contributed by atoms with Gasteiger partial charge in [0.1, 0.15) is 0 Å². The molecule has 44 heavy (non-hydrogen) atoms. The molecular formula is C36H38N4O4. The van der Waals surface area contributed by atoms with Crippen molar-refractivity contribution >= 4 is 62.4 Å². The van der Waals surface area contributed by atoms with Crippen molar-refractivity contribution in [2.24, 2.45) is 0 Å². The average molecular weight is 594 g/mol. The number of nitrogens with one attached hydrogen (secondary N) is 2. The number of hydrogen-bond acceptors (Lipinski definition) is 6. The Morgan fingerprint density at radius 2 is 1.34 bits per heavy atom. The molecule has 226 valence electrons. The Balaban J connectivity index is 1.94.